The van der Waals surface area contributed by atoms with Crippen LogP contribution in [0.1, 0.15) is 40.0 Å². The maximum Gasteiger partial charge on any atom is -0.0414 e. The molecular formula is C9H18. The average Bonchev–Trinajstić information content (AvgIpc) is 1.80. The van der Waals surface area contributed by atoms with Crippen LogP contribution in [-0.4, -0.2) is 0 Å². The van der Waals surface area contributed by atoms with E-state index >= 15 is 0 Å². The Morgan fingerprint density at radius 2 is 1.56 bits per heavy atom. The van der Waals surface area contributed by atoms with Crippen LogP contribution in [-0.2, 0) is 0 Å². The molecule has 0 radical (unpaired) electrons. The fourth-order valence-corrected chi connectivity index (χ4v) is 1.82. The van der Waals surface area contributed by atoms with E-state index in [1.807, 2.05) is 0 Å². The van der Waals surface area contributed by atoms with Gasteiger partial charge in [-0.25, -0.2) is 0 Å². The Morgan fingerprint density at radius 1 is 0.889 bits per heavy atom. The molecule has 1 unspecified atom stereocenters. The second-order valence-corrected chi connectivity index (χ2v) is 3.87. The standard InChI is InChI=1S/C9H18/c1-7-4-5-8(2)9(3)6-7/h7-9H,4-6H2,1-3H3/t7?,8-,9-/m1/s1. The molecule has 3 atom stereocenters. The summed E-state index contributed by atoms with van der Waals surface area (Å²) in [5.74, 6) is 2.96. The minimum atomic E-state index is 0.980. The zero-order valence-corrected chi connectivity index (χ0v) is 6.85. The van der Waals surface area contributed by atoms with Crippen molar-refractivity contribution in [1.82, 2.24) is 0 Å². The van der Waals surface area contributed by atoms with Gasteiger partial charge in [-0.1, -0.05) is 33.6 Å². The molecule has 1 saturated carbocycles. The molecule has 0 amide bonds. The van der Waals surface area contributed by atoms with Crippen LogP contribution in [0.25, 0.3) is 0 Å². The first-order valence-electron chi connectivity index (χ1n) is 4.20. The Morgan fingerprint density at radius 3 is 2.00 bits per heavy atom. The second kappa shape index (κ2) is 2.72. The van der Waals surface area contributed by atoms with E-state index in [1.165, 1.54) is 19.3 Å². The summed E-state index contributed by atoms with van der Waals surface area (Å²) in [5, 5.41) is 0. The summed E-state index contributed by atoms with van der Waals surface area (Å²) < 4.78 is 0. The highest BCUT2D eigenvalue weighted by Crippen LogP contribution is 2.32. The smallest absolute Gasteiger partial charge is 0.0414 e. The molecule has 0 aromatic rings. The SMILES string of the molecule is CC1CC[C@@H](C)[C@H](C)C1. The summed E-state index contributed by atoms with van der Waals surface area (Å²) in [6, 6.07) is 0. The van der Waals surface area contributed by atoms with E-state index in [1.54, 1.807) is 0 Å². The quantitative estimate of drug-likeness (QED) is 0.468. The van der Waals surface area contributed by atoms with E-state index in [0.717, 1.165) is 17.8 Å². The molecule has 1 aliphatic carbocycles. The van der Waals surface area contributed by atoms with Gasteiger partial charge in [-0.05, 0) is 24.2 Å². The van der Waals surface area contributed by atoms with Crippen molar-refractivity contribution in [2.45, 2.75) is 40.0 Å². The van der Waals surface area contributed by atoms with Crippen molar-refractivity contribution in [2.24, 2.45) is 17.8 Å². The summed E-state index contributed by atoms with van der Waals surface area (Å²) in [4.78, 5) is 0. The summed E-state index contributed by atoms with van der Waals surface area (Å²) >= 11 is 0. The van der Waals surface area contributed by atoms with Gasteiger partial charge in [0.25, 0.3) is 0 Å². The van der Waals surface area contributed by atoms with Gasteiger partial charge in [0.2, 0.25) is 0 Å². The van der Waals surface area contributed by atoms with Crippen LogP contribution in [0.2, 0.25) is 0 Å². The lowest BCUT2D eigenvalue weighted by molar-refractivity contribution is 0.220. The van der Waals surface area contributed by atoms with Gasteiger partial charge in [0.05, 0.1) is 0 Å². The summed E-state index contributed by atoms with van der Waals surface area (Å²) in [6.45, 7) is 7.15. The minimum absolute atomic E-state index is 0.980. The lowest BCUT2D eigenvalue weighted by atomic mass is 9.77. The Labute approximate surface area is 58.7 Å². The first-order chi connectivity index (χ1) is 4.20. The van der Waals surface area contributed by atoms with E-state index < -0.39 is 0 Å². The summed E-state index contributed by atoms with van der Waals surface area (Å²) in [6.07, 6.45) is 4.38. The molecule has 1 fully saturated rings. The fraction of sp³-hybridized carbons (Fsp3) is 1.00. The van der Waals surface area contributed by atoms with Crippen LogP contribution < -0.4 is 0 Å². The van der Waals surface area contributed by atoms with Crippen LogP contribution >= 0.6 is 0 Å². The second-order valence-electron chi connectivity index (χ2n) is 3.87. The predicted molar refractivity (Wildman–Crippen MR) is 41.3 cm³/mol. The molecule has 0 heterocycles. The van der Waals surface area contributed by atoms with Crippen molar-refractivity contribution in [3.63, 3.8) is 0 Å². The van der Waals surface area contributed by atoms with E-state index in [9.17, 15) is 0 Å². The maximum absolute atomic E-state index is 2.39. The van der Waals surface area contributed by atoms with Crippen molar-refractivity contribution >= 4 is 0 Å². The van der Waals surface area contributed by atoms with Crippen molar-refractivity contribution in [2.75, 3.05) is 0 Å². The summed E-state index contributed by atoms with van der Waals surface area (Å²) in [5.41, 5.74) is 0. The van der Waals surface area contributed by atoms with Crippen molar-refractivity contribution in [3.05, 3.63) is 0 Å². The highest BCUT2D eigenvalue weighted by Gasteiger charge is 2.20. The van der Waals surface area contributed by atoms with Crippen molar-refractivity contribution in [1.29, 1.82) is 0 Å². The molecule has 0 bridgehead atoms. The monoisotopic (exact) mass is 126 g/mol. The zero-order chi connectivity index (χ0) is 6.85. The molecule has 0 aliphatic heterocycles. The average molecular weight is 126 g/mol. The highest BCUT2D eigenvalue weighted by molar-refractivity contribution is 4.72. The van der Waals surface area contributed by atoms with Crippen molar-refractivity contribution < 1.29 is 0 Å². The van der Waals surface area contributed by atoms with E-state index in [2.05, 4.69) is 20.8 Å². The Balaban J connectivity index is 2.35. The molecule has 0 heteroatoms. The molecule has 0 N–H and O–H groups in total. The Bertz CT molecular complexity index is 86.0. The maximum atomic E-state index is 2.39. The number of hydrogen-bond donors (Lipinski definition) is 0. The van der Waals surface area contributed by atoms with Crippen LogP contribution in [0.4, 0.5) is 0 Å². The Kier molecular flexibility index (Phi) is 2.15. The molecule has 0 aromatic carbocycles. The van der Waals surface area contributed by atoms with Gasteiger partial charge in [-0.3, -0.25) is 0 Å². The van der Waals surface area contributed by atoms with Crippen LogP contribution in [0.3, 0.4) is 0 Å². The van der Waals surface area contributed by atoms with Gasteiger partial charge in [0.15, 0.2) is 0 Å². The minimum Gasteiger partial charge on any atom is -0.0625 e. The van der Waals surface area contributed by atoms with Crippen LogP contribution in [0.5, 0.6) is 0 Å². The third-order valence-electron chi connectivity index (χ3n) is 2.86. The van der Waals surface area contributed by atoms with E-state index in [0.29, 0.717) is 0 Å². The normalized spacial score (nSPS) is 45.0. The first kappa shape index (κ1) is 7.11. The Hall–Kier alpha value is 0. The number of hydrogen-bond acceptors (Lipinski definition) is 0. The molecule has 1 rings (SSSR count). The molecule has 0 nitrogen and oxygen atoms in total. The van der Waals surface area contributed by atoms with Crippen LogP contribution in [0, 0.1) is 17.8 Å². The van der Waals surface area contributed by atoms with Gasteiger partial charge >= 0.3 is 0 Å². The topological polar surface area (TPSA) is 0 Å². The van der Waals surface area contributed by atoms with Gasteiger partial charge in [0, 0.05) is 0 Å². The lowest BCUT2D eigenvalue weighted by Crippen LogP contribution is -2.18. The predicted octanol–water partition coefficient (Wildman–Crippen LogP) is 3.08. The number of rotatable bonds is 0. The fourth-order valence-electron chi connectivity index (χ4n) is 1.82. The molecule has 9 heavy (non-hydrogen) atoms. The molecular weight excluding hydrogens is 108 g/mol. The van der Waals surface area contributed by atoms with Gasteiger partial charge in [0.1, 0.15) is 0 Å². The van der Waals surface area contributed by atoms with Gasteiger partial charge in [-0.15, -0.1) is 0 Å². The lowest BCUT2D eigenvalue weighted by Gasteiger charge is -2.29. The van der Waals surface area contributed by atoms with E-state index in [4.69, 9.17) is 0 Å². The zero-order valence-electron chi connectivity index (χ0n) is 6.85. The summed E-state index contributed by atoms with van der Waals surface area (Å²) in [7, 11) is 0. The molecule has 1 aliphatic rings. The molecule has 0 aromatic heterocycles. The first-order valence-corrected chi connectivity index (χ1v) is 4.20. The van der Waals surface area contributed by atoms with Crippen LogP contribution in [0.15, 0.2) is 0 Å². The largest absolute Gasteiger partial charge is 0.0625 e. The molecule has 0 spiro atoms. The van der Waals surface area contributed by atoms with E-state index in [-0.39, 0.29) is 0 Å². The molecule has 0 saturated heterocycles. The van der Waals surface area contributed by atoms with Crippen molar-refractivity contribution in [3.8, 4) is 0 Å². The highest BCUT2D eigenvalue weighted by atomic mass is 14.3. The molecule has 54 valence electrons. The third kappa shape index (κ3) is 1.70. The van der Waals surface area contributed by atoms with Gasteiger partial charge < -0.3 is 0 Å². The van der Waals surface area contributed by atoms with Gasteiger partial charge in [-0.2, -0.15) is 0 Å². The third-order valence-corrected chi connectivity index (χ3v) is 2.86.